The van der Waals surface area contributed by atoms with Gasteiger partial charge in [0.15, 0.2) is 0 Å². The molecule has 0 spiro atoms. The number of fused-ring (bicyclic) bond motifs is 2. The van der Waals surface area contributed by atoms with Crippen LogP contribution in [0.1, 0.15) is 12.1 Å². The maximum Gasteiger partial charge on any atom is 0.243 e. The molecule has 9 nitrogen and oxygen atoms in total. The van der Waals surface area contributed by atoms with Gasteiger partial charge in [-0.2, -0.15) is 4.31 Å². The number of carbonyl (C=O) groups excluding carboxylic acids is 1. The number of amides is 1. The van der Waals surface area contributed by atoms with Crippen molar-refractivity contribution >= 4 is 60.7 Å². The molecule has 2 heterocycles. The Kier molecular flexibility index (Phi) is 8.86. The molecule has 0 aliphatic heterocycles. The van der Waals surface area contributed by atoms with Crippen LogP contribution in [-0.4, -0.2) is 55.3 Å². The normalized spacial score (nSPS) is 11.6. The average Bonchev–Trinajstić information content (AvgIpc) is 2.98. The predicted octanol–water partition coefficient (Wildman–Crippen LogP) is 5.89. The van der Waals surface area contributed by atoms with Crippen molar-refractivity contribution in [3.8, 4) is 5.75 Å². The monoisotopic (exact) mass is 603 g/mol. The molecule has 0 fully saturated rings. The van der Waals surface area contributed by atoms with E-state index in [0.29, 0.717) is 23.0 Å². The number of carbonyl (C=O) groups is 1. The number of nitrogens with one attached hydrogen (secondary N) is 2. The van der Waals surface area contributed by atoms with Crippen molar-refractivity contribution < 1.29 is 17.9 Å². The molecule has 5 rings (SSSR count). The van der Waals surface area contributed by atoms with E-state index in [1.165, 1.54) is 23.5 Å². The SMILES string of the molecule is COc1ccc(S(=O)(=O)N(CCNc2cc(C)nc3ccc(Cl)cc23)CCC(=O)Nc2ccc3ncccc3c2)cc1. The topological polar surface area (TPSA) is 114 Å². The molecule has 0 aliphatic rings. The van der Waals surface area contributed by atoms with E-state index in [9.17, 15) is 13.2 Å². The zero-order chi connectivity index (χ0) is 29.7. The number of rotatable bonds is 11. The lowest BCUT2D eigenvalue weighted by Crippen LogP contribution is -2.37. The Balaban J connectivity index is 1.32. The molecule has 42 heavy (non-hydrogen) atoms. The number of sulfonamides is 1. The number of aromatic nitrogens is 2. The Morgan fingerprint density at radius 2 is 1.76 bits per heavy atom. The Morgan fingerprint density at radius 3 is 2.55 bits per heavy atom. The zero-order valence-corrected chi connectivity index (χ0v) is 24.7. The van der Waals surface area contributed by atoms with Crippen LogP contribution < -0.4 is 15.4 Å². The minimum absolute atomic E-state index is 0.0149. The minimum atomic E-state index is -3.92. The number of nitrogens with zero attached hydrogens (tertiary/aromatic N) is 3. The fourth-order valence-electron chi connectivity index (χ4n) is 4.64. The lowest BCUT2D eigenvalue weighted by molar-refractivity contribution is -0.116. The first-order valence-corrected chi connectivity index (χ1v) is 15.1. The van der Waals surface area contributed by atoms with E-state index in [0.717, 1.165) is 33.2 Å². The van der Waals surface area contributed by atoms with E-state index in [1.807, 2.05) is 49.4 Å². The quantitative estimate of drug-likeness (QED) is 0.194. The van der Waals surface area contributed by atoms with Crippen LogP contribution in [0.15, 0.2) is 90.0 Å². The number of ether oxygens (including phenoxy) is 1. The lowest BCUT2D eigenvalue weighted by atomic mass is 10.1. The van der Waals surface area contributed by atoms with Gasteiger partial charge in [0.2, 0.25) is 15.9 Å². The van der Waals surface area contributed by atoms with Crippen LogP contribution in [0, 0.1) is 6.92 Å². The number of aryl methyl sites for hydroxylation is 1. The van der Waals surface area contributed by atoms with Crippen LogP contribution in [0.5, 0.6) is 5.75 Å². The smallest absolute Gasteiger partial charge is 0.243 e. The Morgan fingerprint density at radius 1 is 0.976 bits per heavy atom. The summed E-state index contributed by atoms with van der Waals surface area (Å²) in [5, 5.41) is 8.52. The fourth-order valence-corrected chi connectivity index (χ4v) is 6.26. The van der Waals surface area contributed by atoms with Gasteiger partial charge in [0.1, 0.15) is 5.75 Å². The number of benzene rings is 3. The Hall–Kier alpha value is -4.25. The molecule has 2 aromatic heterocycles. The van der Waals surface area contributed by atoms with Crippen molar-refractivity contribution in [3.05, 3.63) is 95.8 Å². The number of hydrogen-bond donors (Lipinski definition) is 2. The van der Waals surface area contributed by atoms with Crippen molar-refractivity contribution in [3.63, 3.8) is 0 Å². The average molecular weight is 604 g/mol. The second kappa shape index (κ2) is 12.7. The summed E-state index contributed by atoms with van der Waals surface area (Å²) in [6.07, 6.45) is 1.67. The summed E-state index contributed by atoms with van der Waals surface area (Å²) >= 11 is 6.23. The van der Waals surface area contributed by atoms with Crippen LogP contribution in [0.3, 0.4) is 0 Å². The van der Waals surface area contributed by atoms with Crippen molar-refractivity contribution in [1.29, 1.82) is 0 Å². The first-order chi connectivity index (χ1) is 20.2. The molecule has 0 saturated carbocycles. The van der Waals surface area contributed by atoms with Crippen molar-refractivity contribution in [2.24, 2.45) is 0 Å². The van der Waals surface area contributed by atoms with E-state index in [2.05, 4.69) is 20.6 Å². The van der Waals surface area contributed by atoms with Gasteiger partial charge in [-0.15, -0.1) is 0 Å². The van der Waals surface area contributed by atoms with Gasteiger partial charge in [-0.25, -0.2) is 8.42 Å². The van der Waals surface area contributed by atoms with E-state index in [1.54, 1.807) is 30.5 Å². The van der Waals surface area contributed by atoms with Crippen molar-refractivity contribution in [2.45, 2.75) is 18.2 Å². The third-order valence-corrected chi connectivity index (χ3v) is 8.90. The van der Waals surface area contributed by atoms with Gasteiger partial charge in [0, 0.05) is 65.1 Å². The largest absolute Gasteiger partial charge is 0.497 e. The molecule has 0 saturated heterocycles. The summed E-state index contributed by atoms with van der Waals surface area (Å²) in [6.45, 7) is 2.29. The highest BCUT2D eigenvalue weighted by Gasteiger charge is 2.25. The summed E-state index contributed by atoms with van der Waals surface area (Å²) in [5.74, 6) is 0.247. The van der Waals surface area contributed by atoms with Crippen molar-refractivity contribution in [2.75, 3.05) is 37.4 Å². The lowest BCUT2D eigenvalue weighted by Gasteiger charge is -2.23. The molecular formula is C31H30ClN5O4S. The highest BCUT2D eigenvalue weighted by atomic mass is 35.5. The molecule has 0 atom stereocenters. The predicted molar refractivity (Wildman–Crippen MR) is 167 cm³/mol. The minimum Gasteiger partial charge on any atom is -0.497 e. The van der Waals surface area contributed by atoms with Gasteiger partial charge >= 0.3 is 0 Å². The summed E-state index contributed by atoms with van der Waals surface area (Å²) in [4.78, 5) is 21.9. The van der Waals surface area contributed by atoms with Crippen LogP contribution in [0.25, 0.3) is 21.8 Å². The highest BCUT2D eigenvalue weighted by molar-refractivity contribution is 7.89. The molecule has 0 radical (unpaired) electrons. The number of methoxy groups -OCH3 is 1. The zero-order valence-electron chi connectivity index (χ0n) is 23.2. The van der Waals surface area contributed by atoms with E-state index >= 15 is 0 Å². The molecule has 2 N–H and O–H groups in total. The highest BCUT2D eigenvalue weighted by Crippen LogP contribution is 2.27. The second-order valence-corrected chi connectivity index (χ2v) is 12.1. The van der Waals surface area contributed by atoms with E-state index in [-0.39, 0.29) is 30.3 Å². The maximum absolute atomic E-state index is 13.7. The number of anilines is 2. The summed E-state index contributed by atoms with van der Waals surface area (Å²) < 4.78 is 33.9. The van der Waals surface area contributed by atoms with Crippen molar-refractivity contribution in [1.82, 2.24) is 14.3 Å². The first-order valence-electron chi connectivity index (χ1n) is 13.3. The standard InChI is InChI=1S/C31H30ClN5O4S/c1-21-18-30(27-20-23(32)5-11-29(27)35-21)34-15-17-37(42(39,40)26-9-7-25(41-2)8-10-26)16-13-31(38)36-24-6-12-28-22(19-24)4-3-14-33-28/h3-12,14,18-20H,13,15-17H2,1-2H3,(H,34,35)(H,36,38). The summed E-state index contributed by atoms with van der Waals surface area (Å²) in [6, 6.07) is 22.7. The molecule has 5 aromatic rings. The molecule has 3 aromatic carbocycles. The van der Waals surface area contributed by atoms with E-state index < -0.39 is 10.0 Å². The molecule has 0 aliphatic carbocycles. The maximum atomic E-state index is 13.7. The van der Waals surface area contributed by atoms with Gasteiger partial charge < -0.3 is 15.4 Å². The third kappa shape index (κ3) is 6.79. The molecule has 11 heteroatoms. The van der Waals surface area contributed by atoms with Gasteiger partial charge in [0.25, 0.3) is 0 Å². The van der Waals surface area contributed by atoms with Gasteiger partial charge in [0.05, 0.1) is 23.0 Å². The number of hydrogen-bond acceptors (Lipinski definition) is 7. The fraction of sp³-hybridized carbons (Fsp3) is 0.194. The second-order valence-electron chi connectivity index (χ2n) is 9.69. The Labute approximate surface area is 249 Å². The molecule has 1 amide bonds. The number of pyridine rings is 2. The van der Waals surface area contributed by atoms with Crippen LogP contribution in [0.4, 0.5) is 11.4 Å². The van der Waals surface area contributed by atoms with Crippen LogP contribution >= 0.6 is 11.6 Å². The van der Waals surface area contributed by atoms with Crippen LogP contribution in [-0.2, 0) is 14.8 Å². The van der Waals surface area contributed by atoms with E-state index in [4.69, 9.17) is 16.3 Å². The summed E-state index contributed by atoms with van der Waals surface area (Å²) in [5.41, 5.74) is 3.83. The van der Waals surface area contributed by atoms with Crippen LogP contribution in [0.2, 0.25) is 5.02 Å². The first kappa shape index (κ1) is 29.2. The molecule has 0 unspecified atom stereocenters. The Bertz CT molecular complexity index is 1850. The summed E-state index contributed by atoms with van der Waals surface area (Å²) in [7, 11) is -2.40. The molecule has 216 valence electrons. The van der Waals surface area contributed by atoms with Gasteiger partial charge in [-0.1, -0.05) is 17.7 Å². The van der Waals surface area contributed by atoms with Gasteiger partial charge in [-0.3, -0.25) is 14.8 Å². The molecular weight excluding hydrogens is 574 g/mol. The van der Waals surface area contributed by atoms with Gasteiger partial charge in [-0.05, 0) is 79.7 Å². The molecule has 0 bridgehead atoms. The number of halogens is 1. The third-order valence-electron chi connectivity index (χ3n) is 6.75.